The quantitative estimate of drug-likeness (QED) is 0.359. The summed E-state index contributed by atoms with van der Waals surface area (Å²) < 4.78 is 6.54. The SMILES string of the molecule is C=C1C=C(c2ccc(CCCCCCCC)nc2)C1(C)Oc1cc(CC)ccc1C. The van der Waals surface area contributed by atoms with Gasteiger partial charge in [-0.05, 0) is 68.0 Å². The number of ether oxygens (including phenoxy) is 1. The molecule has 2 nitrogen and oxygen atoms in total. The highest BCUT2D eigenvalue weighted by Gasteiger charge is 2.42. The monoisotopic (exact) mass is 403 g/mol. The van der Waals surface area contributed by atoms with Crippen molar-refractivity contribution in [2.24, 2.45) is 0 Å². The molecule has 0 saturated carbocycles. The predicted molar refractivity (Wildman–Crippen MR) is 128 cm³/mol. The van der Waals surface area contributed by atoms with Gasteiger partial charge in [0.15, 0.2) is 5.60 Å². The van der Waals surface area contributed by atoms with Crippen molar-refractivity contribution < 1.29 is 4.74 Å². The summed E-state index contributed by atoms with van der Waals surface area (Å²) in [5.41, 5.74) is 6.42. The van der Waals surface area contributed by atoms with E-state index in [4.69, 9.17) is 9.72 Å². The average molecular weight is 404 g/mol. The Balaban J connectivity index is 1.64. The maximum atomic E-state index is 6.54. The van der Waals surface area contributed by atoms with Crippen LogP contribution in [0.1, 0.15) is 81.7 Å². The molecule has 0 radical (unpaired) electrons. The van der Waals surface area contributed by atoms with Crippen LogP contribution in [-0.4, -0.2) is 10.6 Å². The van der Waals surface area contributed by atoms with Crippen molar-refractivity contribution >= 4 is 5.57 Å². The maximum Gasteiger partial charge on any atom is 0.156 e. The van der Waals surface area contributed by atoms with Crippen LogP contribution in [0.4, 0.5) is 0 Å². The Hall–Kier alpha value is -2.35. The van der Waals surface area contributed by atoms with Gasteiger partial charge in [0.1, 0.15) is 5.75 Å². The van der Waals surface area contributed by atoms with Crippen molar-refractivity contribution in [3.8, 4) is 5.75 Å². The molecule has 30 heavy (non-hydrogen) atoms. The molecule has 0 N–H and O–H groups in total. The van der Waals surface area contributed by atoms with Crippen molar-refractivity contribution in [2.45, 2.75) is 84.7 Å². The zero-order valence-corrected chi connectivity index (χ0v) is 19.3. The van der Waals surface area contributed by atoms with E-state index < -0.39 is 5.60 Å². The number of aryl methyl sites for hydroxylation is 3. The minimum atomic E-state index is -0.500. The third kappa shape index (κ3) is 5.03. The molecule has 1 unspecified atom stereocenters. The summed E-state index contributed by atoms with van der Waals surface area (Å²) in [5.74, 6) is 0.941. The van der Waals surface area contributed by atoms with Gasteiger partial charge in [0.2, 0.25) is 0 Å². The molecule has 1 heterocycles. The first-order valence-corrected chi connectivity index (χ1v) is 11.6. The largest absolute Gasteiger partial charge is 0.478 e. The predicted octanol–water partition coefficient (Wildman–Crippen LogP) is 7.65. The van der Waals surface area contributed by atoms with Gasteiger partial charge in [0.25, 0.3) is 0 Å². The van der Waals surface area contributed by atoms with E-state index in [0.29, 0.717) is 0 Å². The molecule has 0 amide bonds. The van der Waals surface area contributed by atoms with Gasteiger partial charge in [-0.1, -0.05) is 70.7 Å². The molecule has 0 bridgehead atoms. The molecule has 1 aliphatic carbocycles. The lowest BCUT2D eigenvalue weighted by Crippen LogP contribution is -2.41. The molecule has 1 aromatic heterocycles. The van der Waals surface area contributed by atoms with Crippen molar-refractivity contribution in [3.63, 3.8) is 0 Å². The second-order valence-corrected chi connectivity index (χ2v) is 8.73. The molecule has 0 saturated heterocycles. The van der Waals surface area contributed by atoms with Crippen LogP contribution in [0.3, 0.4) is 0 Å². The molecule has 1 atom stereocenters. The van der Waals surface area contributed by atoms with Gasteiger partial charge >= 0.3 is 0 Å². The van der Waals surface area contributed by atoms with Gasteiger partial charge in [0.05, 0.1) is 0 Å². The van der Waals surface area contributed by atoms with Gasteiger partial charge in [-0.2, -0.15) is 0 Å². The van der Waals surface area contributed by atoms with Crippen molar-refractivity contribution in [3.05, 3.63) is 77.1 Å². The topological polar surface area (TPSA) is 22.1 Å². The summed E-state index contributed by atoms with van der Waals surface area (Å²) in [6.07, 6.45) is 14.1. The number of hydrogen-bond donors (Lipinski definition) is 0. The summed E-state index contributed by atoms with van der Waals surface area (Å²) in [4.78, 5) is 4.73. The Morgan fingerprint density at radius 2 is 1.77 bits per heavy atom. The van der Waals surface area contributed by atoms with Crippen LogP contribution >= 0.6 is 0 Å². The van der Waals surface area contributed by atoms with Crippen LogP contribution < -0.4 is 4.74 Å². The fourth-order valence-corrected chi connectivity index (χ4v) is 4.04. The van der Waals surface area contributed by atoms with Gasteiger partial charge in [-0.15, -0.1) is 0 Å². The second-order valence-electron chi connectivity index (χ2n) is 8.73. The normalized spacial score (nSPS) is 18.1. The molecular formula is C28H37NO. The number of benzene rings is 1. The summed E-state index contributed by atoms with van der Waals surface area (Å²) in [5, 5.41) is 0. The zero-order chi connectivity index (χ0) is 21.6. The van der Waals surface area contributed by atoms with Crippen molar-refractivity contribution in [1.82, 2.24) is 4.98 Å². The summed E-state index contributed by atoms with van der Waals surface area (Å²) in [6, 6.07) is 10.8. The molecule has 0 fully saturated rings. The molecular weight excluding hydrogens is 366 g/mol. The number of nitrogens with zero attached hydrogens (tertiary/aromatic N) is 1. The molecule has 1 aliphatic rings. The van der Waals surface area contributed by atoms with Crippen LogP contribution in [0, 0.1) is 6.92 Å². The van der Waals surface area contributed by atoms with Crippen molar-refractivity contribution in [2.75, 3.05) is 0 Å². The lowest BCUT2D eigenvalue weighted by molar-refractivity contribution is 0.182. The zero-order valence-electron chi connectivity index (χ0n) is 19.3. The Morgan fingerprint density at radius 3 is 2.43 bits per heavy atom. The molecule has 2 aromatic rings. The van der Waals surface area contributed by atoms with Gasteiger partial charge < -0.3 is 4.74 Å². The van der Waals surface area contributed by atoms with Gasteiger partial charge in [0, 0.05) is 23.0 Å². The van der Waals surface area contributed by atoms with E-state index >= 15 is 0 Å². The smallest absolute Gasteiger partial charge is 0.156 e. The average Bonchev–Trinajstić information content (AvgIpc) is 2.76. The maximum absolute atomic E-state index is 6.54. The number of rotatable bonds is 11. The van der Waals surface area contributed by atoms with Crippen LogP contribution in [-0.2, 0) is 12.8 Å². The fourth-order valence-electron chi connectivity index (χ4n) is 4.04. The molecule has 3 rings (SSSR count). The van der Waals surface area contributed by atoms with Gasteiger partial charge in [-0.3, -0.25) is 4.98 Å². The Kier molecular flexibility index (Phi) is 7.53. The summed E-state index contributed by atoms with van der Waals surface area (Å²) >= 11 is 0. The standard InChI is InChI=1S/C28H37NO/c1-6-8-9-10-11-12-13-25-17-16-24(20-29-25)26-18-22(4)28(26,5)30-27-19-23(7-2)15-14-21(27)3/h14-20H,4,6-13H2,1-3,5H3. The first-order valence-electron chi connectivity index (χ1n) is 11.6. The highest BCUT2D eigenvalue weighted by molar-refractivity contribution is 5.86. The minimum absolute atomic E-state index is 0.500. The van der Waals surface area contributed by atoms with Crippen LogP contribution in [0.25, 0.3) is 5.57 Å². The molecule has 0 aliphatic heterocycles. The number of unbranched alkanes of at least 4 members (excludes halogenated alkanes) is 5. The molecule has 1 aromatic carbocycles. The van der Waals surface area contributed by atoms with E-state index in [1.807, 2.05) is 6.20 Å². The van der Waals surface area contributed by atoms with E-state index in [0.717, 1.165) is 40.9 Å². The third-order valence-electron chi connectivity index (χ3n) is 6.34. The van der Waals surface area contributed by atoms with Crippen LogP contribution in [0.5, 0.6) is 5.75 Å². The molecule has 0 spiro atoms. The Bertz CT molecular complexity index is 893. The first kappa shape index (κ1) is 22.3. The van der Waals surface area contributed by atoms with E-state index in [9.17, 15) is 0 Å². The third-order valence-corrected chi connectivity index (χ3v) is 6.34. The summed E-state index contributed by atoms with van der Waals surface area (Å²) in [7, 11) is 0. The fraction of sp³-hybridized carbons (Fsp3) is 0.464. The summed E-state index contributed by atoms with van der Waals surface area (Å²) in [6.45, 7) is 12.9. The van der Waals surface area contributed by atoms with Crippen LogP contribution in [0.15, 0.2) is 54.8 Å². The number of aromatic nitrogens is 1. The highest BCUT2D eigenvalue weighted by atomic mass is 16.5. The van der Waals surface area contributed by atoms with E-state index in [-0.39, 0.29) is 0 Å². The number of pyridine rings is 1. The highest BCUT2D eigenvalue weighted by Crippen LogP contribution is 2.46. The molecule has 2 heteroatoms. The van der Waals surface area contributed by atoms with Crippen LogP contribution in [0.2, 0.25) is 0 Å². The van der Waals surface area contributed by atoms with Gasteiger partial charge in [-0.25, -0.2) is 0 Å². The number of hydrogen-bond acceptors (Lipinski definition) is 2. The Labute approximate surface area is 183 Å². The van der Waals surface area contributed by atoms with Crippen molar-refractivity contribution in [1.29, 1.82) is 0 Å². The lowest BCUT2D eigenvalue weighted by Gasteiger charge is -2.41. The second kappa shape index (κ2) is 10.1. The van der Waals surface area contributed by atoms with E-state index in [2.05, 4.69) is 70.7 Å². The first-order chi connectivity index (χ1) is 14.5. The van der Waals surface area contributed by atoms with E-state index in [1.54, 1.807) is 0 Å². The van der Waals surface area contributed by atoms with E-state index in [1.165, 1.54) is 49.8 Å². The Morgan fingerprint density at radius 1 is 1.00 bits per heavy atom. The lowest BCUT2D eigenvalue weighted by atomic mass is 9.74. The molecule has 160 valence electrons. The minimum Gasteiger partial charge on any atom is -0.478 e.